The lowest BCUT2D eigenvalue weighted by Crippen LogP contribution is -2.62. The highest BCUT2D eigenvalue weighted by molar-refractivity contribution is 7.14. The van der Waals surface area contributed by atoms with Gasteiger partial charge in [0, 0.05) is 69.5 Å². The number of ether oxygens (including phenoxy) is 6. The molecule has 554 valence electrons. The number of aromatic hydroxyl groups is 1. The first kappa shape index (κ1) is 73.9. The fraction of sp³-hybridized carbons (Fsp3) is 0.424. The molecule has 11 atom stereocenters. The lowest BCUT2D eigenvalue weighted by molar-refractivity contribution is -0.280. The number of amides is 6. The molecule has 8 aromatic rings. The van der Waals surface area contributed by atoms with Crippen LogP contribution in [0, 0.1) is 0 Å². The second kappa shape index (κ2) is 30.2. The highest BCUT2D eigenvalue weighted by Crippen LogP contribution is 2.43. The maximum absolute atomic E-state index is 15.2. The number of nitrogens with zero attached hydrogens (tertiary/aromatic N) is 9. The van der Waals surface area contributed by atoms with E-state index in [9.17, 15) is 44.8 Å². The van der Waals surface area contributed by atoms with E-state index in [0.29, 0.717) is 36.2 Å². The third-order valence-electron chi connectivity index (χ3n) is 18.4. The monoisotopic (exact) mass is 1540 g/mol. The molecule has 2 fully saturated rings. The molecule has 0 spiro atoms. The summed E-state index contributed by atoms with van der Waals surface area (Å²) in [6.45, 7) is 5.22. The van der Waals surface area contributed by atoms with E-state index in [1.54, 1.807) is 45.0 Å². The fourth-order valence-electron chi connectivity index (χ4n) is 13.3. The Balaban J connectivity index is 0.955. The van der Waals surface area contributed by atoms with Gasteiger partial charge in [-0.05, 0) is 72.3 Å². The number of nitrogens with one attached hydrogen (secondary N) is 5. The zero-order chi connectivity index (χ0) is 74.6. The van der Waals surface area contributed by atoms with Gasteiger partial charge in [0.05, 0.1) is 49.2 Å². The number of hydrogen-bond acceptors (Lipinski definition) is 32. The van der Waals surface area contributed by atoms with E-state index in [1.165, 1.54) is 60.0 Å². The highest BCUT2D eigenvalue weighted by Gasteiger charge is 2.50. The van der Waals surface area contributed by atoms with Crippen LogP contribution in [0.3, 0.4) is 0 Å². The van der Waals surface area contributed by atoms with Gasteiger partial charge < -0.3 is 96.2 Å². The van der Waals surface area contributed by atoms with Gasteiger partial charge in [-0.25, -0.2) is 39.5 Å². The summed E-state index contributed by atoms with van der Waals surface area (Å²) in [7, 11) is 4.84. The molecule has 6 amide bonds. The third kappa shape index (κ3) is 15.1. The van der Waals surface area contributed by atoms with Crippen molar-refractivity contribution in [3.05, 3.63) is 112 Å². The second-order valence-corrected chi connectivity index (χ2v) is 30.3. The molecule has 105 heavy (non-hydrogen) atoms. The summed E-state index contributed by atoms with van der Waals surface area (Å²) < 4.78 is 38.3. The van der Waals surface area contributed by atoms with Crippen LogP contribution >= 0.6 is 56.7 Å². The van der Waals surface area contributed by atoms with E-state index in [0.717, 1.165) is 56.7 Å². The van der Waals surface area contributed by atoms with Crippen molar-refractivity contribution < 1.29 is 92.4 Å². The standard InChI is InChI=1S/C66H71N15O19S5/c1-26(82)44-58(90)77-45(27(2)95-7)61-72-39(25-103-61)57(89)78-48-50-51(100-42-16-66(4,93)52(79(5)6)28(3)99-42)65(92)97-18-29-9-8-10-40-43(29)32(19-96-50)49(81(40)94)64(91)98-20-34(69-55(87)37-24-105-63(48)74-37)60-70-35(21-102-60)46-31(59-71-38(22-101-59)56(88)76-44)15-41(84)47(75-46)62-73-36(23-104-62)54(86)68-33(53(67)85)17-80-13-11-30(83)12-14-80/h8-10,15,21-26,28,30,33-34,42,44,48,50-52,82-84,93-94H,11-14,16-20H2,1-7H3,(H2,67,85)(H,68,86)(H,69,87)(H,76,88)(H,77,90)(H,78,89)/b45-27+/t26-,28+,33?,34+,42+,44+,48+,50+,51+,52-,66+/m1/s1. The number of carbonyl (C=O) groups is 8. The quantitative estimate of drug-likeness (QED) is 0.0503. The average molecular weight is 1540 g/mol. The van der Waals surface area contributed by atoms with E-state index < -0.39 is 151 Å². The minimum Gasteiger partial charge on any atom is -0.506 e. The van der Waals surface area contributed by atoms with Crippen LogP contribution in [0.4, 0.5) is 0 Å². The van der Waals surface area contributed by atoms with Gasteiger partial charge in [-0.2, -0.15) is 4.73 Å². The molecule has 12 N–H and O–H groups in total. The number of likely N-dealkylation sites (tertiary alicyclic amines) is 1. The Morgan fingerprint density at radius 1 is 0.848 bits per heavy atom. The van der Waals surface area contributed by atoms with Gasteiger partial charge >= 0.3 is 11.9 Å². The van der Waals surface area contributed by atoms with Crippen LogP contribution < -0.4 is 32.3 Å². The summed E-state index contributed by atoms with van der Waals surface area (Å²) in [6, 6.07) is -0.519. The number of rotatable bonds is 11. The maximum Gasteiger partial charge on any atom is 0.358 e. The largest absolute Gasteiger partial charge is 0.506 e. The number of aliphatic hydroxyl groups is 3. The summed E-state index contributed by atoms with van der Waals surface area (Å²) in [5, 5.41) is 78.3. The normalized spacial score (nSPS) is 24.8. The van der Waals surface area contributed by atoms with Crippen molar-refractivity contribution in [2.24, 2.45) is 5.73 Å². The number of thiazole rings is 5. The predicted octanol–water partition coefficient (Wildman–Crippen LogP) is 3.20. The van der Waals surface area contributed by atoms with Crippen molar-refractivity contribution in [3.63, 3.8) is 0 Å². The molecule has 12 heterocycles. The molecule has 13 rings (SSSR count). The number of carbonyl (C=O) groups excluding carboxylic acids is 8. The summed E-state index contributed by atoms with van der Waals surface area (Å²) in [4.78, 5) is 148. The Labute approximate surface area is 616 Å². The maximum atomic E-state index is 15.2. The van der Waals surface area contributed by atoms with E-state index in [2.05, 4.69) is 41.5 Å². The Kier molecular flexibility index (Phi) is 21.3. The van der Waals surface area contributed by atoms with Crippen LogP contribution in [0.15, 0.2) is 56.9 Å². The topological polar surface area (TPSA) is 468 Å². The number of fused-ring (bicyclic) bond motifs is 15. The van der Waals surface area contributed by atoms with Gasteiger partial charge in [0.25, 0.3) is 23.6 Å². The van der Waals surface area contributed by atoms with Crippen molar-refractivity contribution in [3.8, 4) is 38.4 Å². The number of primary amides is 1. The third-order valence-corrected chi connectivity index (χ3v) is 22.9. The smallest absolute Gasteiger partial charge is 0.358 e. The van der Waals surface area contributed by atoms with E-state index in [1.807, 2.05) is 4.90 Å². The molecule has 1 unspecified atom stereocenters. The van der Waals surface area contributed by atoms with Gasteiger partial charge in [0.1, 0.15) is 126 Å². The van der Waals surface area contributed by atoms with Crippen LogP contribution in [0.5, 0.6) is 5.75 Å². The molecule has 5 aliphatic rings. The highest BCUT2D eigenvalue weighted by atomic mass is 32.1. The number of piperidine rings is 1. The number of allylic oxidation sites excluding steroid dienone is 1. The number of hydrogen-bond donors (Lipinski definition) is 11. The first-order chi connectivity index (χ1) is 50.1. The molecule has 0 aliphatic carbocycles. The molecule has 0 radical (unpaired) electrons. The Morgan fingerprint density at radius 3 is 2.23 bits per heavy atom. The molecule has 2 saturated heterocycles. The Morgan fingerprint density at radius 2 is 1.51 bits per heavy atom. The molecular formula is C66H71N15O19S5. The molecule has 34 nitrogen and oxygen atoms in total. The van der Waals surface area contributed by atoms with Gasteiger partial charge in [0.2, 0.25) is 11.8 Å². The number of esters is 2. The number of benzene rings is 1. The molecule has 0 saturated carbocycles. The number of aliphatic hydroxyl groups excluding tert-OH is 2. The molecule has 5 aliphatic heterocycles. The first-order valence-corrected chi connectivity index (χ1v) is 37.2. The number of aromatic nitrogens is 7. The second-order valence-electron chi connectivity index (χ2n) is 26.0. The molecule has 12 bridgehead atoms. The van der Waals surface area contributed by atoms with Crippen LogP contribution in [0.1, 0.15) is 138 Å². The summed E-state index contributed by atoms with van der Waals surface area (Å²) in [5.74, 6) is -8.01. The van der Waals surface area contributed by atoms with Crippen LogP contribution in [0.2, 0.25) is 0 Å². The fourth-order valence-corrected chi connectivity index (χ4v) is 17.5. The molecular weight excluding hydrogens is 1470 g/mol. The predicted molar refractivity (Wildman–Crippen MR) is 376 cm³/mol. The van der Waals surface area contributed by atoms with Crippen molar-refractivity contribution >= 4 is 121 Å². The lowest BCUT2D eigenvalue weighted by atomic mass is 9.85. The van der Waals surface area contributed by atoms with Crippen molar-refractivity contribution in [1.82, 2.24) is 71.0 Å². The van der Waals surface area contributed by atoms with Crippen LogP contribution in [0.25, 0.3) is 49.3 Å². The number of pyridine rings is 1. The zero-order valence-electron chi connectivity index (χ0n) is 57.0. The van der Waals surface area contributed by atoms with Gasteiger partial charge in [-0.3, -0.25) is 28.8 Å². The Hall–Kier alpha value is -9.36. The number of cyclic esters (lactones) is 2. The van der Waals surface area contributed by atoms with Crippen molar-refractivity contribution in [1.29, 1.82) is 0 Å². The van der Waals surface area contributed by atoms with Crippen molar-refractivity contribution in [2.45, 2.75) is 133 Å². The molecule has 39 heteroatoms. The Bertz CT molecular complexity index is 4760. The first-order valence-electron chi connectivity index (χ1n) is 32.8. The van der Waals surface area contributed by atoms with E-state index >= 15 is 19.2 Å². The van der Waals surface area contributed by atoms with Gasteiger partial charge in [-0.1, -0.05) is 12.1 Å². The number of likely N-dealkylation sites (N-methyl/N-ethyl adjacent to an activating group) is 1. The molecule has 7 aromatic heterocycles. The zero-order valence-corrected chi connectivity index (χ0v) is 61.1. The molecule has 1 aromatic carbocycles. The number of nitrogens with two attached hydrogens (primary N) is 1. The number of methoxy groups -OCH3 is 1. The van der Waals surface area contributed by atoms with Crippen LogP contribution in [-0.4, -0.2) is 225 Å². The van der Waals surface area contributed by atoms with Gasteiger partial charge in [-0.15, -0.1) is 56.7 Å². The summed E-state index contributed by atoms with van der Waals surface area (Å²) in [5.41, 5.74) is 2.93. The van der Waals surface area contributed by atoms with E-state index in [4.69, 9.17) is 49.1 Å². The minimum absolute atomic E-state index is 0.00216. The van der Waals surface area contributed by atoms with Crippen LogP contribution in [-0.2, 0) is 56.0 Å². The summed E-state index contributed by atoms with van der Waals surface area (Å²) >= 11 is 4.50. The van der Waals surface area contributed by atoms with E-state index in [-0.39, 0.29) is 111 Å². The SMILES string of the molecule is CO/C(C)=C1/NC(=O)[C@H]([C@@H](C)O)NC(=O)c2csc(n2)-c2cc(O)c(-c3nc(C(=O)NC(CN4CCC(O)CC4)C(N)=O)cs3)nc2-c2csc(n2)[C@@H]2COC(=O)c3c4c5c(cccc5n3O)COC(=O)[C@@H](O[C@H]3C[C@](C)(O)[C@H](N(C)C)[C@H](C)O3)[C@@H](OC4)[C@H](NC(=O)c3csc1n3)c1nc(cs1)C(=O)N2. The van der Waals surface area contributed by atoms with Gasteiger partial charge in [0.15, 0.2) is 18.1 Å². The minimum atomic E-state index is -1.92. The lowest BCUT2D eigenvalue weighted by Gasteiger charge is -2.48. The summed E-state index contributed by atoms with van der Waals surface area (Å²) in [6.07, 6.45) is -7.15. The van der Waals surface area contributed by atoms with Crippen molar-refractivity contribution in [2.75, 3.05) is 47.4 Å². The average Bonchev–Trinajstić information content (AvgIpc) is 1.75.